The van der Waals surface area contributed by atoms with Gasteiger partial charge in [0.1, 0.15) is 0 Å². The molecule has 5 heteroatoms. The summed E-state index contributed by atoms with van der Waals surface area (Å²) in [6.07, 6.45) is 3.37. The summed E-state index contributed by atoms with van der Waals surface area (Å²) in [7, 11) is 0. The average molecular weight is 351 g/mol. The van der Waals surface area contributed by atoms with Crippen LogP contribution in [-0.4, -0.2) is 24.4 Å². The predicted octanol–water partition coefficient (Wildman–Crippen LogP) is 2.34. The molecule has 1 aromatic rings. The summed E-state index contributed by atoms with van der Waals surface area (Å²) in [4.78, 5) is 22.8. The Bertz CT molecular complexity index is 538. The zero-order valence-electron chi connectivity index (χ0n) is 11.8. The Balaban J connectivity index is 1.42. The summed E-state index contributed by atoms with van der Waals surface area (Å²) in [5.41, 5.74) is 1.39. The molecular formula is C16H19BrN2O2. The van der Waals surface area contributed by atoms with E-state index in [2.05, 4.69) is 50.8 Å². The van der Waals surface area contributed by atoms with E-state index in [0.717, 1.165) is 17.3 Å². The van der Waals surface area contributed by atoms with E-state index in [1.165, 1.54) is 5.56 Å². The molecule has 112 valence electrons. The number of amides is 2. The Hall–Kier alpha value is -1.20. The number of rotatable bonds is 4. The number of nitrogens with one attached hydrogen (secondary N) is 2. The summed E-state index contributed by atoms with van der Waals surface area (Å²) in [6.45, 7) is 0.677. The molecule has 1 saturated heterocycles. The molecule has 21 heavy (non-hydrogen) atoms. The highest BCUT2D eigenvalue weighted by atomic mass is 79.9. The average Bonchev–Trinajstić information content (AvgIpc) is 2.41. The van der Waals surface area contributed by atoms with Crippen molar-refractivity contribution in [2.45, 2.75) is 37.6 Å². The normalized spacial score (nSPS) is 28.9. The van der Waals surface area contributed by atoms with Crippen LogP contribution in [0.25, 0.3) is 0 Å². The maximum atomic E-state index is 11.7. The summed E-state index contributed by atoms with van der Waals surface area (Å²) in [6, 6.07) is 9.00. The summed E-state index contributed by atoms with van der Waals surface area (Å²) >= 11 is 3.45. The molecule has 1 saturated carbocycles. The molecule has 1 aliphatic heterocycles. The van der Waals surface area contributed by atoms with Crippen LogP contribution in [0.4, 0.5) is 0 Å². The van der Waals surface area contributed by atoms with Crippen molar-refractivity contribution in [3.8, 4) is 0 Å². The highest BCUT2D eigenvalue weighted by molar-refractivity contribution is 9.10. The number of benzene rings is 1. The number of carbonyl (C=O) groups is 2. The molecule has 0 bridgehead atoms. The van der Waals surface area contributed by atoms with Crippen LogP contribution in [0.2, 0.25) is 0 Å². The van der Waals surface area contributed by atoms with Crippen molar-refractivity contribution >= 4 is 27.7 Å². The van der Waals surface area contributed by atoms with E-state index >= 15 is 0 Å². The smallest absolute Gasteiger partial charge is 0.230 e. The second kappa shape index (κ2) is 6.28. The van der Waals surface area contributed by atoms with Crippen LogP contribution in [0.1, 0.15) is 37.2 Å². The first kappa shape index (κ1) is 14.7. The van der Waals surface area contributed by atoms with Gasteiger partial charge in [-0.3, -0.25) is 14.9 Å². The molecule has 0 radical (unpaired) electrons. The Morgan fingerprint density at radius 2 is 1.90 bits per heavy atom. The molecule has 3 rings (SSSR count). The number of hydrogen-bond acceptors (Lipinski definition) is 3. The molecule has 1 atom stereocenters. The number of piperidine rings is 1. The first-order chi connectivity index (χ1) is 10.1. The SMILES string of the molecule is O=C1CCC(CNC2CC(c3ccc(Br)cc3)C2)C(=O)N1. The highest BCUT2D eigenvalue weighted by Gasteiger charge is 2.32. The van der Waals surface area contributed by atoms with E-state index in [0.29, 0.717) is 31.3 Å². The van der Waals surface area contributed by atoms with E-state index < -0.39 is 0 Å². The van der Waals surface area contributed by atoms with Crippen LogP contribution < -0.4 is 10.6 Å². The van der Waals surface area contributed by atoms with Gasteiger partial charge in [0.05, 0.1) is 5.92 Å². The molecule has 0 aromatic heterocycles. The fraction of sp³-hybridized carbons (Fsp3) is 0.500. The maximum absolute atomic E-state index is 11.7. The van der Waals surface area contributed by atoms with Crippen molar-refractivity contribution in [1.29, 1.82) is 0 Å². The molecule has 4 nitrogen and oxygen atoms in total. The van der Waals surface area contributed by atoms with E-state index in [9.17, 15) is 9.59 Å². The quantitative estimate of drug-likeness (QED) is 0.819. The fourth-order valence-corrected chi connectivity index (χ4v) is 3.30. The number of halogens is 1. The van der Waals surface area contributed by atoms with Crippen LogP contribution in [0, 0.1) is 5.92 Å². The molecule has 2 N–H and O–H groups in total. The third-order valence-corrected chi connectivity index (χ3v) is 5.01. The van der Waals surface area contributed by atoms with Gasteiger partial charge in [-0.15, -0.1) is 0 Å². The number of imide groups is 1. The van der Waals surface area contributed by atoms with Crippen molar-refractivity contribution in [1.82, 2.24) is 10.6 Å². The lowest BCUT2D eigenvalue weighted by Crippen LogP contribution is -2.48. The lowest BCUT2D eigenvalue weighted by molar-refractivity contribution is -0.136. The molecule has 2 fully saturated rings. The predicted molar refractivity (Wildman–Crippen MR) is 83.8 cm³/mol. The Morgan fingerprint density at radius 3 is 2.57 bits per heavy atom. The Morgan fingerprint density at radius 1 is 1.19 bits per heavy atom. The zero-order chi connectivity index (χ0) is 14.8. The zero-order valence-corrected chi connectivity index (χ0v) is 13.4. The van der Waals surface area contributed by atoms with Crippen LogP contribution in [0.3, 0.4) is 0 Å². The van der Waals surface area contributed by atoms with Crippen LogP contribution in [0.5, 0.6) is 0 Å². The molecule has 1 aliphatic carbocycles. The van der Waals surface area contributed by atoms with Gasteiger partial charge >= 0.3 is 0 Å². The van der Waals surface area contributed by atoms with Crippen molar-refractivity contribution in [2.75, 3.05) is 6.54 Å². The molecular weight excluding hydrogens is 332 g/mol. The lowest BCUT2D eigenvalue weighted by atomic mass is 9.75. The molecule has 2 aliphatic rings. The minimum absolute atomic E-state index is 0.0607. The van der Waals surface area contributed by atoms with Gasteiger partial charge in [-0.05, 0) is 42.9 Å². The van der Waals surface area contributed by atoms with E-state index in [1.54, 1.807) is 0 Å². The van der Waals surface area contributed by atoms with Crippen molar-refractivity contribution in [3.05, 3.63) is 34.3 Å². The second-order valence-corrected chi connectivity index (χ2v) is 6.89. The summed E-state index contributed by atoms with van der Waals surface area (Å²) < 4.78 is 1.11. The minimum Gasteiger partial charge on any atom is -0.313 e. The van der Waals surface area contributed by atoms with Gasteiger partial charge in [0.15, 0.2) is 0 Å². The van der Waals surface area contributed by atoms with Gasteiger partial charge in [-0.25, -0.2) is 0 Å². The van der Waals surface area contributed by atoms with Gasteiger partial charge in [0, 0.05) is 23.5 Å². The first-order valence-electron chi connectivity index (χ1n) is 7.44. The first-order valence-corrected chi connectivity index (χ1v) is 8.23. The standard InChI is InChI=1S/C16H19BrN2O2/c17-13-4-1-10(2-5-13)12-7-14(8-12)18-9-11-3-6-15(20)19-16(11)21/h1-2,4-5,11-12,14,18H,3,6-9H2,(H,19,20,21). The van der Waals surface area contributed by atoms with Gasteiger partial charge in [0.25, 0.3) is 0 Å². The van der Waals surface area contributed by atoms with E-state index in [-0.39, 0.29) is 17.7 Å². The van der Waals surface area contributed by atoms with Crippen molar-refractivity contribution in [2.24, 2.45) is 5.92 Å². The summed E-state index contributed by atoms with van der Waals surface area (Å²) in [5, 5.41) is 5.87. The van der Waals surface area contributed by atoms with Crippen molar-refractivity contribution in [3.63, 3.8) is 0 Å². The maximum Gasteiger partial charge on any atom is 0.230 e. The van der Waals surface area contributed by atoms with E-state index in [4.69, 9.17) is 0 Å². The van der Waals surface area contributed by atoms with Crippen LogP contribution in [0.15, 0.2) is 28.7 Å². The van der Waals surface area contributed by atoms with Gasteiger partial charge < -0.3 is 5.32 Å². The molecule has 1 unspecified atom stereocenters. The second-order valence-electron chi connectivity index (χ2n) is 5.97. The summed E-state index contributed by atoms with van der Waals surface area (Å²) in [5.74, 6) is 0.296. The largest absolute Gasteiger partial charge is 0.313 e. The Kier molecular flexibility index (Phi) is 4.40. The van der Waals surface area contributed by atoms with Crippen LogP contribution >= 0.6 is 15.9 Å². The Labute approximate surface area is 132 Å². The number of hydrogen-bond donors (Lipinski definition) is 2. The molecule has 1 aromatic carbocycles. The van der Waals surface area contributed by atoms with Crippen LogP contribution in [-0.2, 0) is 9.59 Å². The van der Waals surface area contributed by atoms with Gasteiger partial charge in [0.2, 0.25) is 11.8 Å². The highest BCUT2D eigenvalue weighted by Crippen LogP contribution is 2.37. The number of carbonyl (C=O) groups excluding carboxylic acids is 2. The fourth-order valence-electron chi connectivity index (χ4n) is 3.03. The third-order valence-electron chi connectivity index (χ3n) is 4.49. The molecule has 1 heterocycles. The molecule has 0 spiro atoms. The monoisotopic (exact) mass is 350 g/mol. The van der Waals surface area contributed by atoms with Gasteiger partial charge in [-0.2, -0.15) is 0 Å². The van der Waals surface area contributed by atoms with E-state index in [1.807, 2.05) is 0 Å². The minimum atomic E-state index is -0.143. The van der Waals surface area contributed by atoms with Gasteiger partial charge in [-0.1, -0.05) is 28.1 Å². The topological polar surface area (TPSA) is 58.2 Å². The third kappa shape index (κ3) is 3.52. The molecule has 2 amide bonds. The lowest BCUT2D eigenvalue weighted by Gasteiger charge is -2.37. The van der Waals surface area contributed by atoms with Crippen molar-refractivity contribution < 1.29 is 9.59 Å².